The minimum atomic E-state index is -0.671. The molecule has 0 N–H and O–H groups in total. The van der Waals surface area contributed by atoms with Crippen molar-refractivity contribution in [3.8, 4) is 0 Å². The van der Waals surface area contributed by atoms with E-state index < -0.39 is 5.09 Å². The summed E-state index contributed by atoms with van der Waals surface area (Å²) in [6, 6.07) is 0. The maximum atomic E-state index is 10.1. The molecular weight excluding hydrogens is 158 g/mol. The van der Waals surface area contributed by atoms with Crippen LogP contribution < -0.4 is 0 Å². The fourth-order valence-corrected chi connectivity index (χ4v) is 2.08. The first-order valence-electron chi connectivity index (χ1n) is 4.39. The summed E-state index contributed by atoms with van der Waals surface area (Å²) in [4.78, 5) is 14.6. The Labute approximate surface area is 72.0 Å². The molecular formula is C8H15NO3. The molecule has 2 unspecified atom stereocenters. The quantitative estimate of drug-likeness (QED) is 0.474. The van der Waals surface area contributed by atoms with E-state index in [0.29, 0.717) is 11.8 Å². The van der Waals surface area contributed by atoms with Crippen molar-refractivity contribution >= 4 is 0 Å². The fraction of sp³-hybridized carbons (Fsp3) is 1.00. The second-order valence-corrected chi connectivity index (χ2v) is 3.87. The van der Waals surface area contributed by atoms with Crippen molar-refractivity contribution in [2.45, 2.75) is 39.2 Å². The molecule has 12 heavy (non-hydrogen) atoms. The second kappa shape index (κ2) is 3.74. The van der Waals surface area contributed by atoms with Crippen LogP contribution in [0.4, 0.5) is 0 Å². The molecule has 1 rings (SSSR count). The third kappa shape index (κ3) is 2.68. The fourth-order valence-electron chi connectivity index (χ4n) is 2.08. The normalized spacial score (nSPS) is 36.0. The Morgan fingerprint density at radius 2 is 1.75 bits per heavy atom. The van der Waals surface area contributed by atoms with Gasteiger partial charge in [-0.2, -0.15) is 0 Å². The van der Waals surface area contributed by atoms with E-state index in [1.165, 1.54) is 0 Å². The van der Waals surface area contributed by atoms with Gasteiger partial charge < -0.3 is 4.84 Å². The van der Waals surface area contributed by atoms with Crippen molar-refractivity contribution in [3.63, 3.8) is 0 Å². The van der Waals surface area contributed by atoms with Crippen molar-refractivity contribution in [1.82, 2.24) is 0 Å². The summed E-state index contributed by atoms with van der Waals surface area (Å²) in [7, 11) is 0. The maximum absolute atomic E-state index is 10.1. The zero-order valence-corrected chi connectivity index (χ0v) is 7.53. The van der Waals surface area contributed by atoms with Crippen LogP contribution in [0.15, 0.2) is 0 Å². The summed E-state index contributed by atoms with van der Waals surface area (Å²) in [6.45, 7) is 4.23. The van der Waals surface area contributed by atoms with Crippen LogP contribution >= 0.6 is 0 Å². The van der Waals surface area contributed by atoms with Gasteiger partial charge in [-0.1, -0.05) is 13.8 Å². The highest BCUT2D eigenvalue weighted by molar-refractivity contribution is 4.74. The molecule has 0 aromatic rings. The topological polar surface area (TPSA) is 52.4 Å². The van der Waals surface area contributed by atoms with Crippen molar-refractivity contribution in [3.05, 3.63) is 10.1 Å². The molecule has 0 saturated heterocycles. The minimum absolute atomic E-state index is 0.168. The van der Waals surface area contributed by atoms with Gasteiger partial charge in [0, 0.05) is 0 Å². The first kappa shape index (κ1) is 9.29. The first-order chi connectivity index (χ1) is 5.58. The van der Waals surface area contributed by atoms with Gasteiger partial charge in [-0.05, 0) is 31.1 Å². The van der Waals surface area contributed by atoms with E-state index in [4.69, 9.17) is 0 Å². The van der Waals surface area contributed by atoms with Gasteiger partial charge in [0.1, 0.15) is 6.10 Å². The molecule has 1 aliphatic rings. The number of hydrogen-bond donors (Lipinski definition) is 0. The molecule has 1 aliphatic carbocycles. The summed E-state index contributed by atoms with van der Waals surface area (Å²) >= 11 is 0. The number of rotatable bonds is 2. The maximum Gasteiger partial charge on any atom is 0.294 e. The summed E-state index contributed by atoms with van der Waals surface area (Å²) in [6.07, 6.45) is 2.65. The van der Waals surface area contributed by atoms with Crippen LogP contribution in [0, 0.1) is 22.0 Å². The lowest BCUT2D eigenvalue weighted by Gasteiger charge is -2.29. The lowest BCUT2D eigenvalue weighted by Crippen LogP contribution is -2.28. The Morgan fingerprint density at radius 3 is 2.17 bits per heavy atom. The van der Waals surface area contributed by atoms with Crippen LogP contribution in [0.2, 0.25) is 0 Å². The molecule has 0 aromatic carbocycles. The predicted octanol–water partition coefficient (Wildman–Crippen LogP) is 2.02. The van der Waals surface area contributed by atoms with Crippen molar-refractivity contribution in [1.29, 1.82) is 0 Å². The van der Waals surface area contributed by atoms with Crippen LogP contribution in [0.1, 0.15) is 33.1 Å². The zero-order valence-electron chi connectivity index (χ0n) is 7.53. The second-order valence-electron chi connectivity index (χ2n) is 3.87. The summed E-state index contributed by atoms with van der Waals surface area (Å²) in [5.41, 5.74) is 0. The standard InChI is InChI=1S/C8H15NO3/c1-6-3-7(2)5-8(4-6)12-9(10)11/h6-8H,3-5H2,1-2H3. The lowest BCUT2D eigenvalue weighted by atomic mass is 9.82. The summed E-state index contributed by atoms with van der Waals surface area (Å²) in [5.74, 6) is 1.11. The largest absolute Gasteiger partial charge is 0.311 e. The van der Waals surface area contributed by atoms with Gasteiger partial charge in [0.25, 0.3) is 5.09 Å². The molecule has 4 heteroatoms. The molecule has 70 valence electrons. The molecule has 1 saturated carbocycles. The van der Waals surface area contributed by atoms with E-state index >= 15 is 0 Å². The molecule has 0 aromatic heterocycles. The van der Waals surface area contributed by atoms with Crippen molar-refractivity contribution in [2.24, 2.45) is 11.8 Å². The van der Waals surface area contributed by atoms with Gasteiger partial charge in [-0.3, -0.25) is 0 Å². The molecule has 0 amide bonds. The Balaban J connectivity index is 2.38. The Hall–Kier alpha value is -0.800. The van der Waals surface area contributed by atoms with E-state index in [9.17, 15) is 10.1 Å². The summed E-state index contributed by atoms with van der Waals surface area (Å²) < 4.78 is 0. The molecule has 0 heterocycles. The Bertz CT molecular complexity index is 162. The van der Waals surface area contributed by atoms with E-state index in [0.717, 1.165) is 19.3 Å². The number of hydrogen-bond acceptors (Lipinski definition) is 3. The van der Waals surface area contributed by atoms with Gasteiger partial charge in [0.2, 0.25) is 0 Å². The van der Waals surface area contributed by atoms with Gasteiger partial charge in [0.15, 0.2) is 0 Å². The molecule has 0 radical (unpaired) electrons. The average molecular weight is 173 g/mol. The van der Waals surface area contributed by atoms with Crippen LogP contribution in [0.25, 0.3) is 0 Å². The highest BCUT2D eigenvalue weighted by Gasteiger charge is 2.26. The van der Waals surface area contributed by atoms with Crippen LogP contribution in [-0.2, 0) is 4.84 Å². The SMILES string of the molecule is CC1CC(C)CC(O[N+](=O)[O-])C1. The van der Waals surface area contributed by atoms with Crippen molar-refractivity contribution in [2.75, 3.05) is 0 Å². The van der Waals surface area contributed by atoms with E-state index in [1.54, 1.807) is 0 Å². The molecule has 0 spiro atoms. The van der Waals surface area contributed by atoms with Crippen molar-refractivity contribution < 1.29 is 9.92 Å². The van der Waals surface area contributed by atoms with Gasteiger partial charge >= 0.3 is 0 Å². The first-order valence-corrected chi connectivity index (χ1v) is 4.39. The van der Waals surface area contributed by atoms with E-state index in [1.807, 2.05) is 0 Å². The van der Waals surface area contributed by atoms with Gasteiger partial charge in [0.05, 0.1) is 0 Å². The highest BCUT2D eigenvalue weighted by atomic mass is 17.0. The third-order valence-corrected chi connectivity index (χ3v) is 2.37. The lowest BCUT2D eigenvalue weighted by molar-refractivity contribution is -0.769. The minimum Gasteiger partial charge on any atom is -0.311 e. The predicted molar refractivity (Wildman–Crippen MR) is 44.0 cm³/mol. The monoisotopic (exact) mass is 173 g/mol. The highest BCUT2D eigenvalue weighted by Crippen LogP contribution is 2.30. The van der Waals surface area contributed by atoms with Gasteiger partial charge in [-0.25, -0.2) is 0 Å². The molecule has 4 nitrogen and oxygen atoms in total. The molecule has 0 aliphatic heterocycles. The molecule has 2 atom stereocenters. The van der Waals surface area contributed by atoms with E-state index in [-0.39, 0.29) is 6.10 Å². The Morgan fingerprint density at radius 1 is 1.25 bits per heavy atom. The van der Waals surface area contributed by atoms with Gasteiger partial charge in [-0.15, -0.1) is 10.1 Å². The van der Waals surface area contributed by atoms with Crippen LogP contribution in [0.3, 0.4) is 0 Å². The van der Waals surface area contributed by atoms with E-state index in [2.05, 4.69) is 18.7 Å². The van der Waals surface area contributed by atoms with Crippen LogP contribution in [0.5, 0.6) is 0 Å². The van der Waals surface area contributed by atoms with Crippen LogP contribution in [-0.4, -0.2) is 11.2 Å². The average Bonchev–Trinajstić information content (AvgIpc) is 1.81. The third-order valence-electron chi connectivity index (χ3n) is 2.37. The molecule has 1 fully saturated rings. The Kier molecular flexibility index (Phi) is 2.89. The zero-order chi connectivity index (χ0) is 9.14. The summed E-state index contributed by atoms with van der Waals surface area (Å²) in [5, 5.41) is 9.39. The molecule has 0 bridgehead atoms. The smallest absolute Gasteiger partial charge is 0.294 e. The number of nitrogens with zero attached hydrogens (tertiary/aromatic N) is 1.